The van der Waals surface area contributed by atoms with E-state index in [0.29, 0.717) is 23.7 Å². The number of methoxy groups -OCH3 is 1. The van der Waals surface area contributed by atoms with E-state index < -0.39 is 16.9 Å². The molecule has 0 saturated heterocycles. The molecule has 2 aromatic carbocycles. The molecule has 0 aliphatic carbocycles. The van der Waals surface area contributed by atoms with E-state index in [1.165, 1.54) is 0 Å². The number of terminal acetylenes is 1. The number of benzene rings is 2. The predicted molar refractivity (Wildman–Crippen MR) is 111 cm³/mol. The third-order valence-corrected chi connectivity index (χ3v) is 4.73. The van der Waals surface area contributed by atoms with Crippen molar-refractivity contribution in [2.45, 2.75) is 24.5 Å². The fourth-order valence-electron chi connectivity index (χ4n) is 2.55. The van der Waals surface area contributed by atoms with E-state index in [2.05, 4.69) is 21.9 Å². The average molecular weight is 447 g/mol. The maximum atomic E-state index is 12.1. The molecule has 2 aromatic rings. The zero-order chi connectivity index (χ0) is 20.4. The average Bonchev–Trinajstić information content (AvgIpc) is 2.73. The second-order valence-corrected chi connectivity index (χ2v) is 6.76. The Balaban J connectivity index is 2.22. The smallest absolute Gasteiger partial charge is 0.322 e. The van der Waals surface area contributed by atoms with Gasteiger partial charge < -0.3 is 18.9 Å². The first-order valence-electron chi connectivity index (χ1n) is 8.81. The number of hydrogen-bond acceptors (Lipinski definition) is 5. The summed E-state index contributed by atoms with van der Waals surface area (Å²) in [5.74, 6) is 3.12. The summed E-state index contributed by atoms with van der Waals surface area (Å²) in [5, 5.41) is 0. The standard InChI is InChI=1S/C22H23BrO5/c1-4-13-27-21(20(23)22(24)26-5-2)17-11-12-18(19(14-17)25-3)28-15-16-9-7-6-8-10-16/h1,6-12,14,20-21H,5,13,15H2,2-3H3. The minimum atomic E-state index is -0.707. The molecule has 0 fully saturated rings. The van der Waals surface area contributed by atoms with Crippen LogP contribution in [0.25, 0.3) is 0 Å². The van der Waals surface area contributed by atoms with E-state index in [1.807, 2.05) is 36.4 Å². The SMILES string of the molecule is C#CCOC(c1ccc(OCc2ccccc2)c(OC)c1)C(Br)C(=O)OCC. The highest BCUT2D eigenvalue weighted by Gasteiger charge is 2.30. The third kappa shape index (κ3) is 6.01. The molecule has 28 heavy (non-hydrogen) atoms. The summed E-state index contributed by atoms with van der Waals surface area (Å²) in [7, 11) is 1.56. The van der Waals surface area contributed by atoms with E-state index in [9.17, 15) is 4.79 Å². The molecule has 2 rings (SSSR count). The predicted octanol–water partition coefficient (Wildman–Crippen LogP) is 4.29. The van der Waals surface area contributed by atoms with Crippen LogP contribution in [0.3, 0.4) is 0 Å². The molecule has 5 nitrogen and oxygen atoms in total. The number of ether oxygens (including phenoxy) is 4. The van der Waals surface area contributed by atoms with Gasteiger partial charge in [-0.05, 0) is 30.2 Å². The van der Waals surface area contributed by atoms with Crippen molar-refractivity contribution in [1.82, 2.24) is 0 Å². The first-order chi connectivity index (χ1) is 13.6. The molecule has 0 radical (unpaired) electrons. The highest BCUT2D eigenvalue weighted by molar-refractivity contribution is 9.10. The van der Waals surface area contributed by atoms with Gasteiger partial charge >= 0.3 is 5.97 Å². The molecule has 0 saturated carbocycles. The van der Waals surface area contributed by atoms with Crippen LogP contribution in [-0.4, -0.2) is 31.1 Å². The molecule has 0 aromatic heterocycles. The van der Waals surface area contributed by atoms with Gasteiger partial charge in [-0.2, -0.15) is 0 Å². The van der Waals surface area contributed by atoms with Crippen LogP contribution in [0, 0.1) is 12.3 Å². The monoisotopic (exact) mass is 446 g/mol. The highest BCUT2D eigenvalue weighted by atomic mass is 79.9. The van der Waals surface area contributed by atoms with Crippen LogP contribution in [0.2, 0.25) is 0 Å². The summed E-state index contributed by atoms with van der Waals surface area (Å²) in [5.41, 5.74) is 1.76. The second-order valence-electron chi connectivity index (χ2n) is 5.77. The number of esters is 1. The molecule has 148 valence electrons. The van der Waals surface area contributed by atoms with Gasteiger partial charge in [0, 0.05) is 0 Å². The van der Waals surface area contributed by atoms with Crippen molar-refractivity contribution >= 4 is 21.9 Å². The molecule has 2 unspecified atom stereocenters. The van der Waals surface area contributed by atoms with Crippen LogP contribution in [0.5, 0.6) is 11.5 Å². The Morgan fingerprint density at radius 3 is 2.57 bits per heavy atom. The Bertz CT molecular complexity index is 800. The van der Waals surface area contributed by atoms with E-state index in [4.69, 9.17) is 25.4 Å². The number of carbonyl (C=O) groups excluding carboxylic acids is 1. The number of hydrogen-bond donors (Lipinski definition) is 0. The van der Waals surface area contributed by atoms with Gasteiger partial charge in [0.25, 0.3) is 0 Å². The van der Waals surface area contributed by atoms with Crippen molar-refractivity contribution in [3.05, 3.63) is 59.7 Å². The Kier molecular flexibility index (Phi) is 8.86. The lowest BCUT2D eigenvalue weighted by atomic mass is 10.1. The molecular formula is C22H23BrO5. The van der Waals surface area contributed by atoms with Crippen molar-refractivity contribution in [3.63, 3.8) is 0 Å². The van der Waals surface area contributed by atoms with Crippen molar-refractivity contribution in [2.75, 3.05) is 20.3 Å². The van der Waals surface area contributed by atoms with Gasteiger partial charge in [0.2, 0.25) is 0 Å². The number of carbonyl (C=O) groups is 1. The summed E-state index contributed by atoms with van der Waals surface area (Å²) < 4.78 is 22.1. The Labute approximate surface area is 174 Å². The Hall–Kier alpha value is -2.49. The fourth-order valence-corrected chi connectivity index (χ4v) is 3.14. The molecular weight excluding hydrogens is 424 g/mol. The van der Waals surface area contributed by atoms with Crippen molar-refractivity contribution in [3.8, 4) is 23.8 Å². The lowest BCUT2D eigenvalue weighted by Gasteiger charge is -2.22. The molecule has 0 spiro atoms. The number of alkyl halides is 1. The molecule has 0 bridgehead atoms. The third-order valence-electron chi connectivity index (χ3n) is 3.88. The molecule has 0 aliphatic heterocycles. The maximum Gasteiger partial charge on any atom is 0.322 e. The fraction of sp³-hybridized carbons (Fsp3) is 0.318. The van der Waals surface area contributed by atoms with E-state index in [1.54, 1.807) is 26.2 Å². The summed E-state index contributed by atoms with van der Waals surface area (Å²) in [6.07, 6.45) is 4.68. The van der Waals surface area contributed by atoms with E-state index in [0.717, 1.165) is 5.56 Å². The van der Waals surface area contributed by atoms with Crippen LogP contribution in [0.1, 0.15) is 24.2 Å². The summed E-state index contributed by atoms with van der Waals surface area (Å²) in [6, 6.07) is 15.2. The summed E-state index contributed by atoms with van der Waals surface area (Å²) in [4.78, 5) is 11.4. The first-order valence-corrected chi connectivity index (χ1v) is 9.72. The topological polar surface area (TPSA) is 54.0 Å². The lowest BCUT2D eigenvalue weighted by Crippen LogP contribution is -2.27. The summed E-state index contributed by atoms with van der Waals surface area (Å²) in [6.45, 7) is 2.49. The van der Waals surface area contributed by atoms with Gasteiger partial charge in [0.05, 0.1) is 13.7 Å². The van der Waals surface area contributed by atoms with Crippen molar-refractivity contribution < 1.29 is 23.7 Å². The summed E-state index contributed by atoms with van der Waals surface area (Å²) >= 11 is 3.36. The number of rotatable bonds is 10. The molecule has 0 aliphatic rings. The van der Waals surface area contributed by atoms with Gasteiger partial charge in [-0.1, -0.05) is 58.2 Å². The van der Waals surface area contributed by atoms with Crippen molar-refractivity contribution in [1.29, 1.82) is 0 Å². The quantitative estimate of drug-likeness (QED) is 0.309. The van der Waals surface area contributed by atoms with Gasteiger partial charge in [-0.15, -0.1) is 6.42 Å². The minimum Gasteiger partial charge on any atom is -0.493 e. The van der Waals surface area contributed by atoms with Crippen LogP contribution in [-0.2, 0) is 20.9 Å². The zero-order valence-corrected chi connectivity index (χ0v) is 17.5. The van der Waals surface area contributed by atoms with Crippen LogP contribution in [0.4, 0.5) is 0 Å². The highest BCUT2D eigenvalue weighted by Crippen LogP contribution is 2.35. The number of halogens is 1. The molecule has 0 N–H and O–H groups in total. The van der Waals surface area contributed by atoms with Gasteiger partial charge in [-0.3, -0.25) is 4.79 Å². The largest absolute Gasteiger partial charge is 0.493 e. The van der Waals surface area contributed by atoms with Crippen molar-refractivity contribution in [2.24, 2.45) is 0 Å². The zero-order valence-electron chi connectivity index (χ0n) is 15.9. The van der Waals surface area contributed by atoms with Crippen LogP contribution in [0.15, 0.2) is 48.5 Å². The normalized spacial score (nSPS) is 12.5. The second kappa shape index (κ2) is 11.4. The Morgan fingerprint density at radius 1 is 1.18 bits per heavy atom. The van der Waals surface area contributed by atoms with E-state index in [-0.39, 0.29) is 13.2 Å². The molecule has 0 amide bonds. The first kappa shape index (κ1) is 21.8. The molecule has 0 heterocycles. The van der Waals surface area contributed by atoms with Crippen LogP contribution >= 0.6 is 15.9 Å². The minimum absolute atomic E-state index is 0.0563. The Morgan fingerprint density at radius 2 is 1.93 bits per heavy atom. The van der Waals surface area contributed by atoms with Crippen LogP contribution < -0.4 is 9.47 Å². The maximum absolute atomic E-state index is 12.1. The van der Waals surface area contributed by atoms with Gasteiger partial charge in [0.15, 0.2) is 11.5 Å². The lowest BCUT2D eigenvalue weighted by molar-refractivity contribution is -0.145. The van der Waals surface area contributed by atoms with Gasteiger partial charge in [0.1, 0.15) is 24.1 Å². The molecule has 2 atom stereocenters. The van der Waals surface area contributed by atoms with Gasteiger partial charge in [-0.25, -0.2) is 0 Å². The van der Waals surface area contributed by atoms with E-state index >= 15 is 0 Å². The molecule has 6 heteroatoms.